The van der Waals surface area contributed by atoms with Crippen LogP contribution >= 0.6 is 0 Å². The highest BCUT2D eigenvalue weighted by Crippen LogP contribution is 2.38. The van der Waals surface area contributed by atoms with Crippen LogP contribution in [0.5, 0.6) is 0 Å². The van der Waals surface area contributed by atoms with Gasteiger partial charge < -0.3 is 25.0 Å². The molecular formula is C27H37NO8. The molecule has 7 atom stereocenters. The SMILES string of the molecule is CC(=O)O[C@@H]1/C=C/C(C)=C/C[C@H](O)/C=C/C(C)=C/[C@@H](NC(=O)[C@H](C)O)[C@]2(C)C(=O)O[C@H](C1)[C@@H](C)C2=O. The summed E-state index contributed by atoms with van der Waals surface area (Å²) in [7, 11) is 0. The van der Waals surface area contributed by atoms with Crippen LogP contribution in [0.2, 0.25) is 0 Å². The molecule has 0 saturated carbocycles. The maximum atomic E-state index is 13.7. The van der Waals surface area contributed by atoms with E-state index in [1.807, 2.05) is 13.0 Å². The van der Waals surface area contributed by atoms with Crippen molar-refractivity contribution in [3.8, 4) is 0 Å². The number of carbonyl (C=O) groups is 4. The highest BCUT2D eigenvalue weighted by Gasteiger charge is 2.56. The molecule has 0 radical (unpaired) electrons. The lowest BCUT2D eigenvalue weighted by atomic mass is 9.69. The van der Waals surface area contributed by atoms with E-state index in [-0.39, 0.29) is 6.42 Å². The first kappa shape index (κ1) is 29.2. The first-order chi connectivity index (χ1) is 16.7. The van der Waals surface area contributed by atoms with Crippen molar-refractivity contribution in [2.45, 2.75) is 84.8 Å². The zero-order valence-corrected chi connectivity index (χ0v) is 21.7. The quantitative estimate of drug-likeness (QED) is 0.393. The third kappa shape index (κ3) is 7.24. The smallest absolute Gasteiger partial charge is 0.322 e. The molecule has 2 bridgehead atoms. The number of carbonyl (C=O) groups excluding carboxylic acids is 4. The van der Waals surface area contributed by atoms with Gasteiger partial charge in [-0.25, -0.2) is 0 Å². The number of esters is 2. The van der Waals surface area contributed by atoms with Crippen LogP contribution < -0.4 is 5.32 Å². The van der Waals surface area contributed by atoms with Gasteiger partial charge in [0.1, 0.15) is 23.7 Å². The van der Waals surface area contributed by atoms with Crippen LogP contribution in [0.1, 0.15) is 54.4 Å². The Kier molecular flexibility index (Phi) is 9.95. The number of hydrogen-bond acceptors (Lipinski definition) is 8. The summed E-state index contributed by atoms with van der Waals surface area (Å²) in [6, 6.07) is -1.12. The van der Waals surface area contributed by atoms with Gasteiger partial charge in [-0.2, -0.15) is 0 Å². The highest BCUT2D eigenvalue weighted by atomic mass is 16.6. The summed E-state index contributed by atoms with van der Waals surface area (Å²) >= 11 is 0. The Morgan fingerprint density at radius 1 is 1.19 bits per heavy atom. The van der Waals surface area contributed by atoms with Gasteiger partial charge in [-0.15, -0.1) is 0 Å². The van der Waals surface area contributed by atoms with E-state index in [9.17, 15) is 29.4 Å². The van der Waals surface area contributed by atoms with E-state index in [1.165, 1.54) is 26.8 Å². The molecule has 9 heteroatoms. The fraction of sp³-hybridized carbons (Fsp3) is 0.556. The molecule has 2 heterocycles. The van der Waals surface area contributed by atoms with Gasteiger partial charge in [0.2, 0.25) is 5.91 Å². The van der Waals surface area contributed by atoms with Crippen molar-refractivity contribution < 1.29 is 38.9 Å². The summed E-state index contributed by atoms with van der Waals surface area (Å²) in [5.41, 5.74) is -0.358. The second-order valence-electron chi connectivity index (χ2n) is 9.72. The number of aliphatic hydroxyl groups is 2. The Hall–Kier alpha value is -3.04. The van der Waals surface area contributed by atoms with Gasteiger partial charge in [0.05, 0.1) is 18.1 Å². The number of rotatable bonds is 3. The molecule has 198 valence electrons. The maximum Gasteiger partial charge on any atom is 0.322 e. The number of amides is 1. The zero-order chi connectivity index (χ0) is 27.2. The Morgan fingerprint density at radius 3 is 2.44 bits per heavy atom. The molecule has 1 saturated heterocycles. The van der Waals surface area contributed by atoms with E-state index in [2.05, 4.69) is 5.32 Å². The number of allylic oxidation sites excluding steroid dienone is 4. The fourth-order valence-electron chi connectivity index (χ4n) is 4.17. The van der Waals surface area contributed by atoms with Gasteiger partial charge in [-0.3, -0.25) is 19.2 Å². The largest absolute Gasteiger partial charge is 0.461 e. The van der Waals surface area contributed by atoms with Crippen LogP contribution in [0, 0.1) is 11.3 Å². The number of aliphatic hydroxyl groups excluding tert-OH is 2. The molecule has 0 spiro atoms. The topological polar surface area (TPSA) is 139 Å². The average molecular weight is 504 g/mol. The van der Waals surface area contributed by atoms with E-state index in [1.54, 1.807) is 38.2 Å². The molecule has 1 aliphatic carbocycles. The Balaban J connectivity index is 2.60. The number of ketones is 1. The standard InChI is InChI=1S/C27H37NO8/c1-15-7-10-20(31)11-8-16(2)13-23(28-25(33)18(4)29)27(6)24(32)17(3)22(36-26(27)34)14-21(12-9-15)35-19(5)30/h7-9,11-13,17-18,20-23,29,31H,10,14H2,1-6H3,(H,28,33)/b11-8+,12-9+,15-7+,16-13+/t17-,18+,20+,21-,22-,23-,27+/m1/s1. The average Bonchev–Trinajstić information content (AvgIpc) is 2.80. The maximum absolute atomic E-state index is 13.7. The molecule has 1 amide bonds. The third-order valence-corrected chi connectivity index (χ3v) is 6.51. The van der Waals surface area contributed by atoms with Crippen molar-refractivity contribution in [2.75, 3.05) is 0 Å². The molecule has 0 aromatic carbocycles. The van der Waals surface area contributed by atoms with Crippen LogP contribution in [-0.4, -0.2) is 64.3 Å². The lowest BCUT2D eigenvalue weighted by molar-refractivity contribution is -0.182. The molecule has 1 fully saturated rings. The summed E-state index contributed by atoms with van der Waals surface area (Å²) in [4.78, 5) is 51.0. The van der Waals surface area contributed by atoms with Crippen molar-refractivity contribution in [3.63, 3.8) is 0 Å². The van der Waals surface area contributed by atoms with Crippen molar-refractivity contribution in [1.82, 2.24) is 5.32 Å². The van der Waals surface area contributed by atoms with E-state index in [0.717, 1.165) is 5.57 Å². The molecule has 3 rings (SSSR count). The predicted molar refractivity (Wildman–Crippen MR) is 132 cm³/mol. The lowest BCUT2D eigenvalue weighted by Crippen LogP contribution is -2.62. The summed E-state index contributed by atoms with van der Waals surface area (Å²) in [5.74, 6) is -3.31. The molecule has 36 heavy (non-hydrogen) atoms. The molecule has 2 aliphatic heterocycles. The van der Waals surface area contributed by atoms with Crippen LogP contribution in [-0.2, 0) is 28.7 Å². The summed E-state index contributed by atoms with van der Waals surface area (Å²) in [6.45, 7) is 9.13. The van der Waals surface area contributed by atoms with Crippen LogP contribution in [0.15, 0.2) is 47.6 Å². The van der Waals surface area contributed by atoms with Crippen LogP contribution in [0.25, 0.3) is 0 Å². The van der Waals surface area contributed by atoms with Crippen LogP contribution in [0.3, 0.4) is 0 Å². The monoisotopic (exact) mass is 503 g/mol. The van der Waals surface area contributed by atoms with Crippen molar-refractivity contribution in [3.05, 3.63) is 47.6 Å². The normalized spacial score (nSPS) is 37.3. The fourth-order valence-corrected chi connectivity index (χ4v) is 4.17. The molecule has 3 N–H and O–H groups in total. The summed E-state index contributed by atoms with van der Waals surface area (Å²) in [5, 5.41) is 22.7. The van der Waals surface area contributed by atoms with Gasteiger partial charge in [0, 0.05) is 13.3 Å². The molecular weight excluding hydrogens is 466 g/mol. The van der Waals surface area contributed by atoms with Crippen LogP contribution in [0.4, 0.5) is 0 Å². The predicted octanol–water partition coefficient (Wildman–Crippen LogP) is 2.08. The second-order valence-corrected chi connectivity index (χ2v) is 9.72. The lowest BCUT2D eigenvalue weighted by Gasteiger charge is -2.42. The van der Waals surface area contributed by atoms with Crippen molar-refractivity contribution in [2.24, 2.45) is 11.3 Å². The second kappa shape index (κ2) is 12.3. The minimum absolute atomic E-state index is 0.0713. The van der Waals surface area contributed by atoms with Crippen molar-refractivity contribution in [1.29, 1.82) is 0 Å². The molecule has 9 nitrogen and oxygen atoms in total. The van der Waals surface area contributed by atoms with Gasteiger partial charge >= 0.3 is 11.9 Å². The molecule has 0 aromatic heterocycles. The Morgan fingerprint density at radius 2 is 1.83 bits per heavy atom. The molecule has 0 unspecified atom stereocenters. The van der Waals surface area contributed by atoms with Crippen molar-refractivity contribution >= 4 is 23.6 Å². The van der Waals surface area contributed by atoms with Gasteiger partial charge in [0.25, 0.3) is 0 Å². The van der Waals surface area contributed by atoms with E-state index < -0.39 is 65.4 Å². The Labute approximate surface area is 211 Å². The minimum Gasteiger partial charge on any atom is -0.461 e. The van der Waals surface area contributed by atoms with Gasteiger partial charge in [-0.1, -0.05) is 48.5 Å². The number of Topliss-reactive ketones (excluding diaryl/α,β-unsaturated/α-hetero) is 1. The van der Waals surface area contributed by atoms with Gasteiger partial charge in [-0.05, 0) is 40.2 Å². The number of fused-ring (bicyclic) bond motifs is 10. The van der Waals surface area contributed by atoms with Gasteiger partial charge in [0.15, 0.2) is 5.78 Å². The number of nitrogens with one attached hydrogen (secondary N) is 1. The minimum atomic E-state index is -1.77. The number of ether oxygens (including phenoxy) is 2. The number of hydrogen-bond donors (Lipinski definition) is 3. The van der Waals surface area contributed by atoms with E-state index in [0.29, 0.717) is 12.0 Å². The Bertz CT molecular complexity index is 992. The van der Waals surface area contributed by atoms with E-state index in [4.69, 9.17) is 9.47 Å². The zero-order valence-electron chi connectivity index (χ0n) is 21.7. The third-order valence-electron chi connectivity index (χ3n) is 6.51. The first-order valence-electron chi connectivity index (χ1n) is 12.1. The summed E-state index contributed by atoms with van der Waals surface area (Å²) in [6.07, 6.45) is 6.59. The van der Waals surface area contributed by atoms with E-state index >= 15 is 0 Å². The molecule has 0 aromatic rings. The highest BCUT2D eigenvalue weighted by molar-refractivity contribution is 6.08. The molecule has 3 aliphatic rings. The summed E-state index contributed by atoms with van der Waals surface area (Å²) < 4.78 is 11.1. The first-order valence-corrected chi connectivity index (χ1v) is 12.1.